The number of rotatable bonds is 3. The van der Waals surface area contributed by atoms with Crippen LogP contribution >= 0.6 is 0 Å². The summed E-state index contributed by atoms with van der Waals surface area (Å²) in [5.74, 6) is 7.91. The maximum absolute atomic E-state index is 2.57. The molecule has 2 saturated carbocycles. The maximum Gasteiger partial charge on any atom is -0.0326 e. The summed E-state index contributed by atoms with van der Waals surface area (Å²) in [5.41, 5.74) is 0. The smallest absolute Gasteiger partial charge is 0.0326 e. The Kier molecular flexibility index (Phi) is 4.44. The summed E-state index contributed by atoms with van der Waals surface area (Å²) in [6.07, 6.45) is 5.83. The van der Waals surface area contributed by atoms with E-state index in [-0.39, 0.29) is 0 Å². The SMILES string of the molecule is CCC1C(C)C1C(C)C1CC(C)CC(C)CC1C. The lowest BCUT2D eigenvalue weighted by molar-refractivity contribution is 0.191. The largest absolute Gasteiger partial charge is 0.0651 e. The molecule has 0 aromatic rings. The van der Waals surface area contributed by atoms with Crippen LogP contribution in [0.3, 0.4) is 0 Å². The van der Waals surface area contributed by atoms with Gasteiger partial charge in [-0.05, 0) is 66.6 Å². The van der Waals surface area contributed by atoms with E-state index in [4.69, 9.17) is 0 Å². The van der Waals surface area contributed by atoms with E-state index in [9.17, 15) is 0 Å². The summed E-state index contributed by atoms with van der Waals surface area (Å²) < 4.78 is 0. The quantitative estimate of drug-likeness (QED) is 0.570. The highest BCUT2D eigenvalue weighted by molar-refractivity contribution is 4.98. The Hall–Kier alpha value is 0. The Bertz CT molecular complexity index is 269. The molecule has 0 spiro atoms. The molecule has 0 amide bonds. The van der Waals surface area contributed by atoms with Crippen molar-refractivity contribution in [3.8, 4) is 0 Å². The summed E-state index contributed by atoms with van der Waals surface area (Å²) in [5, 5.41) is 0. The van der Waals surface area contributed by atoms with Gasteiger partial charge >= 0.3 is 0 Å². The maximum atomic E-state index is 2.57. The van der Waals surface area contributed by atoms with Crippen molar-refractivity contribution >= 4 is 0 Å². The standard InChI is InChI=1S/C18H34/c1-7-16-14(5)18(16)15(6)17-10-12(3)8-11(2)9-13(17)4/h11-18H,7-10H2,1-6H3. The Morgan fingerprint density at radius 1 is 0.944 bits per heavy atom. The molecule has 0 bridgehead atoms. The average Bonchev–Trinajstić information content (AvgIpc) is 2.96. The van der Waals surface area contributed by atoms with Gasteiger partial charge in [-0.25, -0.2) is 0 Å². The molecule has 18 heavy (non-hydrogen) atoms. The molecule has 106 valence electrons. The van der Waals surface area contributed by atoms with Gasteiger partial charge in [0.2, 0.25) is 0 Å². The molecule has 0 nitrogen and oxygen atoms in total. The van der Waals surface area contributed by atoms with E-state index in [1.807, 2.05) is 0 Å². The zero-order chi connectivity index (χ0) is 13.4. The number of hydrogen-bond acceptors (Lipinski definition) is 0. The summed E-state index contributed by atoms with van der Waals surface area (Å²) in [7, 11) is 0. The molecule has 8 atom stereocenters. The fourth-order valence-electron chi connectivity index (χ4n) is 5.50. The van der Waals surface area contributed by atoms with Crippen molar-refractivity contribution < 1.29 is 0 Å². The van der Waals surface area contributed by atoms with Crippen molar-refractivity contribution in [3.05, 3.63) is 0 Å². The van der Waals surface area contributed by atoms with E-state index in [0.717, 1.165) is 47.3 Å². The van der Waals surface area contributed by atoms with E-state index in [2.05, 4.69) is 41.5 Å². The van der Waals surface area contributed by atoms with Gasteiger partial charge in [0.15, 0.2) is 0 Å². The van der Waals surface area contributed by atoms with E-state index >= 15 is 0 Å². The minimum atomic E-state index is 0.949. The first-order valence-corrected chi connectivity index (χ1v) is 8.45. The molecule has 2 aliphatic carbocycles. The van der Waals surface area contributed by atoms with Crippen LogP contribution < -0.4 is 0 Å². The van der Waals surface area contributed by atoms with Gasteiger partial charge in [-0.1, -0.05) is 48.0 Å². The highest BCUT2D eigenvalue weighted by atomic mass is 14.6. The summed E-state index contributed by atoms with van der Waals surface area (Å²) in [4.78, 5) is 0. The van der Waals surface area contributed by atoms with Gasteiger partial charge in [-0.15, -0.1) is 0 Å². The molecule has 0 saturated heterocycles. The van der Waals surface area contributed by atoms with Crippen LogP contribution in [0.25, 0.3) is 0 Å². The Balaban J connectivity index is 2.02. The van der Waals surface area contributed by atoms with E-state index < -0.39 is 0 Å². The summed E-state index contributed by atoms with van der Waals surface area (Å²) in [6, 6.07) is 0. The van der Waals surface area contributed by atoms with Gasteiger partial charge in [0.05, 0.1) is 0 Å². The lowest BCUT2D eigenvalue weighted by Crippen LogP contribution is -2.23. The molecule has 0 aromatic carbocycles. The van der Waals surface area contributed by atoms with Gasteiger partial charge in [0.25, 0.3) is 0 Å². The van der Waals surface area contributed by atoms with Crippen molar-refractivity contribution in [1.29, 1.82) is 0 Å². The molecule has 0 aromatic heterocycles. The first kappa shape index (κ1) is 14.4. The highest BCUT2D eigenvalue weighted by Crippen LogP contribution is 2.56. The molecule has 0 heterocycles. The van der Waals surface area contributed by atoms with Crippen LogP contribution in [0, 0.1) is 47.3 Å². The van der Waals surface area contributed by atoms with Gasteiger partial charge in [0, 0.05) is 0 Å². The Labute approximate surface area is 115 Å². The second-order valence-corrected chi connectivity index (χ2v) is 7.93. The van der Waals surface area contributed by atoms with E-state index in [1.165, 1.54) is 25.7 Å². The minimum absolute atomic E-state index is 0.949. The molecule has 0 aliphatic heterocycles. The number of hydrogen-bond donors (Lipinski definition) is 0. The van der Waals surface area contributed by atoms with Crippen molar-refractivity contribution in [3.63, 3.8) is 0 Å². The molecule has 8 unspecified atom stereocenters. The van der Waals surface area contributed by atoms with Gasteiger partial charge in [-0.2, -0.15) is 0 Å². The molecule has 0 N–H and O–H groups in total. The zero-order valence-electron chi connectivity index (χ0n) is 13.4. The predicted molar refractivity (Wildman–Crippen MR) is 80.4 cm³/mol. The van der Waals surface area contributed by atoms with E-state index in [1.54, 1.807) is 0 Å². The van der Waals surface area contributed by atoms with Crippen molar-refractivity contribution in [2.75, 3.05) is 0 Å². The summed E-state index contributed by atoms with van der Waals surface area (Å²) >= 11 is 0. The fraction of sp³-hybridized carbons (Fsp3) is 1.00. The van der Waals surface area contributed by atoms with Crippen molar-refractivity contribution in [2.45, 2.75) is 67.2 Å². The Morgan fingerprint density at radius 3 is 2.11 bits per heavy atom. The van der Waals surface area contributed by atoms with Gasteiger partial charge in [0.1, 0.15) is 0 Å². The normalized spacial score (nSPS) is 50.7. The van der Waals surface area contributed by atoms with Crippen LogP contribution in [0.2, 0.25) is 0 Å². The zero-order valence-corrected chi connectivity index (χ0v) is 13.4. The Morgan fingerprint density at radius 2 is 1.56 bits per heavy atom. The van der Waals surface area contributed by atoms with Gasteiger partial charge < -0.3 is 0 Å². The lowest BCUT2D eigenvalue weighted by atomic mass is 9.75. The molecule has 2 aliphatic rings. The molecule has 0 heteroatoms. The molecule has 0 radical (unpaired) electrons. The molecular formula is C18H34. The van der Waals surface area contributed by atoms with E-state index in [0.29, 0.717) is 0 Å². The highest BCUT2D eigenvalue weighted by Gasteiger charge is 2.50. The van der Waals surface area contributed by atoms with Crippen LogP contribution in [0.4, 0.5) is 0 Å². The first-order valence-electron chi connectivity index (χ1n) is 8.45. The molecule has 2 fully saturated rings. The van der Waals surface area contributed by atoms with Crippen LogP contribution in [0.1, 0.15) is 67.2 Å². The third-order valence-corrected chi connectivity index (χ3v) is 6.37. The van der Waals surface area contributed by atoms with Crippen LogP contribution in [0.15, 0.2) is 0 Å². The third kappa shape index (κ3) is 2.78. The van der Waals surface area contributed by atoms with Gasteiger partial charge in [-0.3, -0.25) is 0 Å². The summed E-state index contributed by atoms with van der Waals surface area (Å²) in [6.45, 7) is 14.9. The lowest BCUT2D eigenvalue weighted by Gasteiger charge is -2.30. The van der Waals surface area contributed by atoms with Crippen molar-refractivity contribution in [1.82, 2.24) is 0 Å². The fourth-order valence-corrected chi connectivity index (χ4v) is 5.50. The average molecular weight is 250 g/mol. The topological polar surface area (TPSA) is 0 Å². The van der Waals surface area contributed by atoms with Crippen LogP contribution in [-0.4, -0.2) is 0 Å². The van der Waals surface area contributed by atoms with Crippen LogP contribution in [-0.2, 0) is 0 Å². The second kappa shape index (κ2) is 5.55. The monoisotopic (exact) mass is 250 g/mol. The first-order chi connectivity index (χ1) is 8.45. The molecule has 2 rings (SSSR count). The third-order valence-electron chi connectivity index (χ3n) is 6.37. The predicted octanol–water partition coefficient (Wildman–Crippen LogP) is 5.62. The second-order valence-electron chi connectivity index (χ2n) is 7.93. The molecular weight excluding hydrogens is 216 g/mol. The minimum Gasteiger partial charge on any atom is -0.0651 e. The van der Waals surface area contributed by atoms with Crippen LogP contribution in [0.5, 0.6) is 0 Å². The van der Waals surface area contributed by atoms with Crippen molar-refractivity contribution in [2.24, 2.45) is 47.3 Å².